The van der Waals surface area contributed by atoms with Crippen molar-refractivity contribution in [1.82, 2.24) is 4.57 Å². The van der Waals surface area contributed by atoms with E-state index >= 15 is 0 Å². The van der Waals surface area contributed by atoms with Crippen molar-refractivity contribution in [2.24, 2.45) is 4.99 Å². The smallest absolute Gasteiger partial charge is 0.338 e. The van der Waals surface area contributed by atoms with Gasteiger partial charge in [-0.2, -0.15) is 0 Å². The van der Waals surface area contributed by atoms with Crippen LogP contribution in [0.1, 0.15) is 46.9 Å². The highest BCUT2D eigenvalue weighted by molar-refractivity contribution is 7.07. The van der Waals surface area contributed by atoms with Crippen LogP contribution in [0, 0.1) is 0 Å². The zero-order valence-corrected chi connectivity index (χ0v) is 26.7. The molecule has 0 saturated heterocycles. The summed E-state index contributed by atoms with van der Waals surface area (Å²) in [7, 11) is 4.49. The number of esters is 1. The third kappa shape index (κ3) is 6.38. The van der Waals surface area contributed by atoms with Gasteiger partial charge in [0, 0.05) is 0 Å². The molecule has 2 heterocycles. The lowest BCUT2D eigenvalue weighted by atomic mass is 9.95. The second kappa shape index (κ2) is 13.7. The van der Waals surface area contributed by atoms with E-state index in [1.165, 1.54) is 49.4 Å². The van der Waals surface area contributed by atoms with Gasteiger partial charge in [0.2, 0.25) is 5.75 Å². The second-order valence-corrected chi connectivity index (χ2v) is 11.1. The highest BCUT2D eigenvalue weighted by Gasteiger charge is 2.34. The summed E-state index contributed by atoms with van der Waals surface area (Å²) in [6.07, 6.45) is 1.76. The minimum atomic E-state index is -0.984. The van der Waals surface area contributed by atoms with Crippen molar-refractivity contribution < 1.29 is 38.4 Å². The molecular weight excluding hydrogens is 612 g/mol. The van der Waals surface area contributed by atoms with Crippen LogP contribution in [0.4, 0.5) is 0 Å². The fourth-order valence-corrected chi connectivity index (χ4v) is 6.13. The van der Waals surface area contributed by atoms with Crippen LogP contribution in [0.25, 0.3) is 6.08 Å². The van der Waals surface area contributed by atoms with Gasteiger partial charge in [-0.3, -0.25) is 9.36 Å². The molecule has 1 aliphatic rings. The first-order chi connectivity index (χ1) is 22.2. The lowest BCUT2D eigenvalue weighted by Gasteiger charge is -2.26. The summed E-state index contributed by atoms with van der Waals surface area (Å²) in [5, 5.41) is 9.07. The van der Waals surface area contributed by atoms with Crippen LogP contribution < -0.4 is 33.8 Å². The molecule has 1 atom stereocenters. The van der Waals surface area contributed by atoms with Crippen molar-refractivity contribution >= 4 is 29.4 Å². The number of ether oxygens (including phenoxy) is 5. The quantitative estimate of drug-likeness (QED) is 0.240. The van der Waals surface area contributed by atoms with Gasteiger partial charge < -0.3 is 28.8 Å². The molecule has 1 aromatic heterocycles. The third-order valence-corrected chi connectivity index (χ3v) is 8.29. The van der Waals surface area contributed by atoms with E-state index in [0.29, 0.717) is 43.6 Å². The third-order valence-electron chi connectivity index (χ3n) is 7.30. The highest BCUT2D eigenvalue weighted by Crippen LogP contribution is 2.42. The molecule has 0 aliphatic carbocycles. The Balaban J connectivity index is 1.51. The van der Waals surface area contributed by atoms with Crippen LogP contribution in [-0.4, -0.2) is 49.5 Å². The van der Waals surface area contributed by atoms with Crippen molar-refractivity contribution in [2.75, 3.05) is 27.9 Å². The first kappa shape index (κ1) is 32.0. The predicted molar refractivity (Wildman–Crippen MR) is 171 cm³/mol. The topological polar surface area (TPSA) is 135 Å². The molecule has 0 radical (unpaired) electrons. The van der Waals surface area contributed by atoms with Gasteiger partial charge in [-0.05, 0) is 73.0 Å². The summed E-state index contributed by atoms with van der Waals surface area (Å²) >= 11 is 1.21. The zero-order valence-electron chi connectivity index (χ0n) is 25.9. The molecule has 0 amide bonds. The van der Waals surface area contributed by atoms with E-state index in [9.17, 15) is 14.4 Å². The number of carbonyl (C=O) groups excluding carboxylic acids is 1. The second-order valence-electron chi connectivity index (χ2n) is 10.1. The number of rotatable bonds is 11. The number of fused-ring (bicyclic) bond motifs is 1. The Labute approximate surface area is 268 Å². The Bertz CT molecular complexity index is 1970. The normalized spacial score (nSPS) is 14.3. The average molecular weight is 645 g/mol. The largest absolute Gasteiger partial charge is 0.493 e. The van der Waals surface area contributed by atoms with Crippen LogP contribution in [-0.2, 0) is 16.1 Å². The number of aromatic carboxylic acids is 1. The number of benzene rings is 3. The van der Waals surface area contributed by atoms with E-state index in [1.54, 1.807) is 56.3 Å². The van der Waals surface area contributed by atoms with Crippen molar-refractivity contribution in [3.8, 4) is 23.0 Å². The molecule has 4 aromatic rings. The molecule has 12 heteroatoms. The number of thiazole rings is 1. The maximum atomic E-state index is 14.0. The SMILES string of the molecule is CCOC(=O)C1=C(C)N=c2s/c(=C/c3ccc(OCc4ccc(C(=O)O)cc4)cc3)c(=O)n2[C@H]1c1cc(OC)c(OC)c(OC)c1. The van der Waals surface area contributed by atoms with Crippen LogP contribution >= 0.6 is 11.3 Å². The van der Waals surface area contributed by atoms with Crippen LogP contribution in [0.3, 0.4) is 0 Å². The standard InChI is InChI=1S/C34H32N2O9S/c1-6-44-33(40)28-19(2)35-34-36(29(28)23-16-25(41-3)30(43-5)26(17-23)42-4)31(37)27(46-34)15-20-9-13-24(14-10-20)45-18-21-7-11-22(12-8-21)32(38)39/h7-17,29H,6,18H2,1-5H3,(H,38,39)/b27-15+/t29-/m0/s1. The maximum absolute atomic E-state index is 14.0. The summed E-state index contributed by atoms with van der Waals surface area (Å²) in [6.45, 7) is 3.85. The number of nitrogens with zero attached hydrogens (tertiary/aromatic N) is 2. The molecular formula is C34H32N2O9S. The lowest BCUT2D eigenvalue weighted by molar-refractivity contribution is -0.139. The number of carboxylic acid groups (broad SMARTS) is 1. The van der Waals surface area contributed by atoms with Gasteiger partial charge in [-0.25, -0.2) is 14.6 Å². The molecule has 0 spiro atoms. The monoisotopic (exact) mass is 644 g/mol. The van der Waals surface area contributed by atoms with E-state index in [0.717, 1.165) is 11.1 Å². The van der Waals surface area contributed by atoms with Crippen molar-refractivity contribution in [3.05, 3.63) is 114 Å². The Hall–Kier alpha value is -5.36. The van der Waals surface area contributed by atoms with Crippen LogP contribution in [0.5, 0.6) is 23.0 Å². The van der Waals surface area contributed by atoms with Crippen LogP contribution in [0.2, 0.25) is 0 Å². The lowest BCUT2D eigenvalue weighted by Crippen LogP contribution is -2.40. The van der Waals surface area contributed by atoms with Gasteiger partial charge >= 0.3 is 11.9 Å². The van der Waals surface area contributed by atoms with Crippen molar-refractivity contribution in [2.45, 2.75) is 26.5 Å². The van der Waals surface area contributed by atoms with Gasteiger partial charge in [0.1, 0.15) is 12.4 Å². The van der Waals surface area contributed by atoms with Gasteiger partial charge in [-0.1, -0.05) is 35.6 Å². The van der Waals surface area contributed by atoms with E-state index in [1.807, 2.05) is 12.1 Å². The molecule has 5 rings (SSSR count). The number of aromatic nitrogens is 1. The molecule has 238 valence electrons. The minimum Gasteiger partial charge on any atom is -0.493 e. The van der Waals surface area contributed by atoms with E-state index in [4.69, 9.17) is 28.8 Å². The Morgan fingerprint density at radius 2 is 1.63 bits per heavy atom. The van der Waals surface area contributed by atoms with Gasteiger partial charge in [0.25, 0.3) is 5.56 Å². The first-order valence-corrected chi connectivity index (χ1v) is 15.0. The number of carbonyl (C=O) groups is 2. The van der Waals surface area contributed by atoms with Crippen molar-refractivity contribution in [1.29, 1.82) is 0 Å². The summed E-state index contributed by atoms with van der Waals surface area (Å²) in [5.74, 6) is 0.167. The number of carboxylic acids is 1. The Morgan fingerprint density at radius 1 is 0.978 bits per heavy atom. The summed E-state index contributed by atoms with van der Waals surface area (Å²) in [4.78, 5) is 43.4. The zero-order chi connectivity index (χ0) is 33.0. The van der Waals surface area contributed by atoms with E-state index < -0.39 is 18.0 Å². The molecule has 0 saturated carbocycles. The molecule has 46 heavy (non-hydrogen) atoms. The Morgan fingerprint density at radius 3 is 2.20 bits per heavy atom. The maximum Gasteiger partial charge on any atom is 0.338 e. The van der Waals surface area contributed by atoms with Crippen molar-refractivity contribution in [3.63, 3.8) is 0 Å². The molecule has 1 N–H and O–H groups in total. The number of allylic oxidation sites excluding steroid dienone is 1. The van der Waals surface area contributed by atoms with Crippen LogP contribution in [0.15, 0.2) is 81.7 Å². The molecule has 1 aliphatic heterocycles. The molecule has 0 fully saturated rings. The molecule has 3 aromatic carbocycles. The molecule has 0 bridgehead atoms. The predicted octanol–water partition coefficient (Wildman–Crippen LogP) is 4.10. The summed E-state index contributed by atoms with van der Waals surface area (Å²) < 4.78 is 29.8. The summed E-state index contributed by atoms with van der Waals surface area (Å²) in [5.41, 5.74) is 2.68. The average Bonchev–Trinajstić information content (AvgIpc) is 3.36. The van der Waals surface area contributed by atoms with Gasteiger partial charge in [-0.15, -0.1) is 0 Å². The first-order valence-electron chi connectivity index (χ1n) is 14.2. The van der Waals surface area contributed by atoms with Gasteiger partial charge in [0.15, 0.2) is 16.3 Å². The highest BCUT2D eigenvalue weighted by atomic mass is 32.1. The fourth-order valence-electron chi connectivity index (χ4n) is 5.09. The van der Waals surface area contributed by atoms with E-state index in [-0.39, 0.29) is 29.9 Å². The number of hydrogen-bond acceptors (Lipinski definition) is 10. The fraction of sp³-hybridized carbons (Fsp3) is 0.235. The molecule has 0 unspecified atom stereocenters. The molecule has 11 nitrogen and oxygen atoms in total. The van der Waals surface area contributed by atoms with E-state index in [2.05, 4.69) is 4.99 Å². The number of hydrogen-bond donors (Lipinski definition) is 1. The van der Waals surface area contributed by atoms with Gasteiger partial charge in [0.05, 0.1) is 55.3 Å². The number of methoxy groups -OCH3 is 3. The summed E-state index contributed by atoms with van der Waals surface area (Å²) in [6, 6.07) is 16.3. The Kier molecular flexibility index (Phi) is 9.57. The minimum absolute atomic E-state index is 0.152.